The summed E-state index contributed by atoms with van der Waals surface area (Å²) < 4.78 is 6.99. The Kier molecular flexibility index (Phi) is 5.22. The van der Waals surface area contributed by atoms with E-state index in [1.807, 2.05) is 41.8 Å². The number of nitrogens with zero attached hydrogens (tertiary/aromatic N) is 4. The zero-order chi connectivity index (χ0) is 21.3. The van der Waals surface area contributed by atoms with E-state index in [1.165, 1.54) is 4.90 Å². The largest absolute Gasteiger partial charge is 0.481 e. The molecular formula is C22H23N5O3. The highest BCUT2D eigenvalue weighted by Crippen LogP contribution is 2.26. The maximum Gasteiger partial charge on any atom is 0.274 e. The van der Waals surface area contributed by atoms with E-state index in [-0.39, 0.29) is 11.6 Å². The van der Waals surface area contributed by atoms with Crippen molar-refractivity contribution >= 4 is 11.8 Å². The fraction of sp³-hybridized carbons (Fsp3) is 0.273. The van der Waals surface area contributed by atoms with Gasteiger partial charge in [-0.15, -0.1) is 0 Å². The van der Waals surface area contributed by atoms with Crippen molar-refractivity contribution < 1.29 is 14.3 Å². The first kappa shape index (κ1) is 19.6. The number of aryl methyl sites for hydroxylation is 1. The number of methoxy groups -OCH3 is 1. The lowest BCUT2D eigenvalue weighted by molar-refractivity contribution is -0.121. The van der Waals surface area contributed by atoms with Gasteiger partial charge in [0.2, 0.25) is 11.8 Å². The van der Waals surface area contributed by atoms with Gasteiger partial charge >= 0.3 is 0 Å². The van der Waals surface area contributed by atoms with Gasteiger partial charge in [0.05, 0.1) is 7.11 Å². The van der Waals surface area contributed by atoms with Crippen LogP contribution in [-0.4, -0.2) is 50.9 Å². The van der Waals surface area contributed by atoms with Crippen molar-refractivity contribution in [2.24, 2.45) is 5.73 Å². The van der Waals surface area contributed by atoms with Gasteiger partial charge in [0.15, 0.2) is 0 Å². The third-order valence-electron chi connectivity index (χ3n) is 5.28. The SMILES string of the molecule is COc1ccc(-c2nc(C(=O)N3CCCC3C(N)=O)cn2-c2ccc(C)cc2)cn1. The molecule has 8 heteroatoms. The molecule has 3 aromatic rings. The molecule has 3 heterocycles. The molecule has 1 aromatic carbocycles. The number of nitrogens with two attached hydrogens (primary N) is 1. The molecule has 8 nitrogen and oxygen atoms in total. The number of primary amides is 1. The van der Waals surface area contributed by atoms with Gasteiger partial charge < -0.3 is 15.4 Å². The number of rotatable bonds is 5. The molecule has 1 aliphatic rings. The Morgan fingerprint density at radius 2 is 1.93 bits per heavy atom. The molecule has 2 N–H and O–H groups in total. The van der Waals surface area contributed by atoms with Crippen LogP contribution in [0.4, 0.5) is 0 Å². The molecule has 0 bridgehead atoms. The van der Waals surface area contributed by atoms with Crippen molar-refractivity contribution in [2.75, 3.05) is 13.7 Å². The second-order valence-corrected chi connectivity index (χ2v) is 7.30. The topological polar surface area (TPSA) is 103 Å². The van der Waals surface area contributed by atoms with E-state index >= 15 is 0 Å². The van der Waals surface area contributed by atoms with Crippen LogP contribution >= 0.6 is 0 Å². The number of hydrogen-bond donors (Lipinski definition) is 1. The predicted molar refractivity (Wildman–Crippen MR) is 111 cm³/mol. The summed E-state index contributed by atoms with van der Waals surface area (Å²) >= 11 is 0. The highest BCUT2D eigenvalue weighted by molar-refractivity contribution is 5.96. The Balaban J connectivity index is 1.78. The molecule has 154 valence electrons. The summed E-state index contributed by atoms with van der Waals surface area (Å²) in [6.45, 7) is 2.50. The first-order valence-electron chi connectivity index (χ1n) is 9.75. The second kappa shape index (κ2) is 7.98. The third kappa shape index (κ3) is 3.63. The van der Waals surface area contributed by atoms with Gasteiger partial charge in [0.1, 0.15) is 17.6 Å². The van der Waals surface area contributed by atoms with Crippen molar-refractivity contribution in [2.45, 2.75) is 25.8 Å². The van der Waals surface area contributed by atoms with Gasteiger partial charge in [-0.1, -0.05) is 17.7 Å². The molecular weight excluding hydrogens is 382 g/mol. The summed E-state index contributed by atoms with van der Waals surface area (Å²) in [5.74, 6) is 0.278. The van der Waals surface area contributed by atoms with E-state index in [1.54, 1.807) is 25.6 Å². The van der Waals surface area contributed by atoms with Gasteiger partial charge in [-0.3, -0.25) is 14.2 Å². The molecule has 4 rings (SSSR count). The maximum absolute atomic E-state index is 13.2. The quantitative estimate of drug-likeness (QED) is 0.702. The Bertz CT molecular complexity index is 1070. The Morgan fingerprint density at radius 3 is 2.57 bits per heavy atom. The van der Waals surface area contributed by atoms with Crippen LogP contribution in [0.3, 0.4) is 0 Å². The van der Waals surface area contributed by atoms with Crippen molar-refractivity contribution in [3.8, 4) is 23.0 Å². The van der Waals surface area contributed by atoms with Crippen molar-refractivity contribution in [1.82, 2.24) is 19.4 Å². The van der Waals surface area contributed by atoms with Gasteiger partial charge in [-0.2, -0.15) is 0 Å². The fourth-order valence-corrected chi connectivity index (χ4v) is 3.68. The average molecular weight is 405 g/mol. The first-order chi connectivity index (χ1) is 14.5. The minimum absolute atomic E-state index is 0.259. The summed E-state index contributed by atoms with van der Waals surface area (Å²) in [7, 11) is 1.55. The van der Waals surface area contributed by atoms with E-state index in [2.05, 4.69) is 9.97 Å². The number of hydrogen-bond acceptors (Lipinski definition) is 5. The lowest BCUT2D eigenvalue weighted by atomic mass is 10.2. The van der Waals surface area contributed by atoms with E-state index in [4.69, 9.17) is 10.5 Å². The number of carbonyl (C=O) groups excluding carboxylic acids is 2. The van der Waals surface area contributed by atoms with E-state index < -0.39 is 11.9 Å². The predicted octanol–water partition coefficient (Wildman–Crippen LogP) is 2.34. The number of aromatic nitrogens is 3. The summed E-state index contributed by atoms with van der Waals surface area (Å²) in [4.78, 5) is 35.3. The molecule has 1 atom stereocenters. The van der Waals surface area contributed by atoms with Gasteiger partial charge in [-0.25, -0.2) is 9.97 Å². The minimum atomic E-state index is -0.590. The highest BCUT2D eigenvalue weighted by Gasteiger charge is 2.34. The van der Waals surface area contributed by atoms with Crippen LogP contribution < -0.4 is 10.5 Å². The number of benzene rings is 1. The molecule has 1 aliphatic heterocycles. The molecule has 0 spiro atoms. The van der Waals surface area contributed by atoms with Crippen LogP contribution in [0, 0.1) is 6.92 Å². The third-order valence-corrected chi connectivity index (χ3v) is 5.28. The van der Waals surface area contributed by atoms with Gasteiger partial charge in [0.25, 0.3) is 5.91 Å². The van der Waals surface area contributed by atoms with Gasteiger partial charge in [-0.05, 0) is 38.0 Å². The van der Waals surface area contributed by atoms with Crippen molar-refractivity contribution in [3.05, 3.63) is 60.0 Å². The van der Waals surface area contributed by atoms with Crippen LogP contribution in [0.15, 0.2) is 48.8 Å². The average Bonchev–Trinajstić information content (AvgIpc) is 3.42. The molecule has 2 aromatic heterocycles. The van der Waals surface area contributed by atoms with E-state index in [9.17, 15) is 9.59 Å². The Hall–Kier alpha value is -3.68. The van der Waals surface area contributed by atoms with E-state index in [0.29, 0.717) is 24.7 Å². The lowest BCUT2D eigenvalue weighted by Gasteiger charge is -2.20. The van der Waals surface area contributed by atoms with E-state index in [0.717, 1.165) is 23.2 Å². The normalized spacial score (nSPS) is 15.9. The van der Waals surface area contributed by atoms with Crippen LogP contribution in [-0.2, 0) is 4.79 Å². The number of amides is 2. The number of likely N-dealkylation sites (tertiary alicyclic amines) is 1. The van der Waals surface area contributed by atoms with Crippen molar-refractivity contribution in [3.63, 3.8) is 0 Å². The summed E-state index contributed by atoms with van der Waals surface area (Å²) in [5.41, 5.74) is 8.48. The molecule has 2 amide bonds. The van der Waals surface area contributed by atoms with Crippen LogP contribution in [0.5, 0.6) is 5.88 Å². The number of imidazole rings is 1. The molecule has 0 aliphatic carbocycles. The number of pyridine rings is 1. The highest BCUT2D eigenvalue weighted by atomic mass is 16.5. The lowest BCUT2D eigenvalue weighted by Crippen LogP contribution is -2.43. The number of ether oxygens (including phenoxy) is 1. The molecule has 30 heavy (non-hydrogen) atoms. The molecule has 0 saturated carbocycles. The molecule has 1 saturated heterocycles. The maximum atomic E-state index is 13.2. The molecule has 1 unspecified atom stereocenters. The zero-order valence-electron chi connectivity index (χ0n) is 16.9. The number of carbonyl (C=O) groups is 2. The first-order valence-corrected chi connectivity index (χ1v) is 9.75. The zero-order valence-corrected chi connectivity index (χ0v) is 16.9. The monoisotopic (exact) mass is 405 g/mol. The minimum Gasteiger partial charge on any atom is -0.481 e. The summed E-state index contributed by atoms with van der Waals surface area (Å²) in [5, 5.41) is 0. The molecule has 1 fully saturated rings. The van der Waals surface area contributed by atoms with Crippen LogP contribution in [0.1, 0.15) is 28.9 Å². The summed E-state index contributed by atoms with van der Waals surface area (Å²) in [6.07, 6.45) is 4.67. The standard InChI is InChI=1S/C22H23N5O3/c1-14-5-8-16(9-6-14)27-13-17(22(29)26-11-3-4-18(26)20(23)28)25-21(27)15-7-10-19(30-2)24-12-15/h5-10,12-13,18H,3-4,11H2,1-2H3,(H2,23,28). The smallest absolute Gasteiger partial charge is 0.274 e. The van der Waals surface area contributed by atoms with Crippen LogP contribution in [0.25, 0.3) is 17.1 Å². The van der Waals surface area contributed by atoms with Crippen LogP contribution in [0.2, 0.25) is 0 Å². The fourth-order valence-electron chi connectivity index (χ4n) is 3.68. The summed E-state index contributed by atoms with van der Waals surface area (Å²) in [6, 6.07) is 10.9. The molecule has 0 radical (unpaired) electrons. The Labute approximate surface area is 174 Å². The van der Waals surface area contributed by atoms with Gasteiger partial charge in [0, 0.05) is 36.3 Å². The second-order valence-electron chi connectivity index (χ2n) is 7.30. The van der Waals surface area contributed by atoms with Crippen molar-refractivity contribution in [1.29, 1.82) is 0 Å². The Morgan fingerprint density at radius 1 is 1.17 bits per heavy atom.